The van der Waals surface area contributed by atoms with Gasteiger partial charge in [0, 0.05) is 25.2 Å². The second-order valence-electron chi connectivity index (χ2n) is 6.23. The maximum atomic E-state index is 11.5. The molecule has 0 N–H and O–H groups in total. The van der Waals surface area contributed by atoms with Crippen LogP contribution in [0.3, 0.4) is 0 Å². The van der Waals surface area contributed by atoms with Crippen LogP contribution < -0.4 is 14.4 Å². The lowest BCUT2D eigenvalue weighted by molar-refractivity contribution is -0.384. The first-order valence-corrected chi connectivity index (χ1v) is 8.58. The molecule has 7 heteroatoms. The number of benzene rings is 2. The zero-order valence-electron chi connectivity index (χ0n) is 16.0. The molecule has 0 spiro atoms. The van der Waals surface area contributed by atoms with Crippen LogP contribution in [0.15, 0.2) is 36.4 Å². The highest BCUT2D eigenvalue weighted by Gasteiger charge is 2.19. The summed E-state index contributed by atoms with van der Waals surface area (Å²) < 4.78 is 10.5. The van der Waals surface area contributed by atoms with E-state index in [1.165, 1.54) is 13.0 Å². The Morgan fingerprint density at radius 1 is 1.11 bits per heavy atom. The molecule has 2 rings (SSSR count). The van der Waals surface area contributed by atoms with E-state index in [1.54, 1.807) is 26.4 Å². The molecule has 27 heavy (non-hydrogen) atoms. The van der Waals surface area contributed by atoms with E-state index in [4.69, 9.17) is 9.47 Å². The molecule has 0 saturated heterocycles. The van der Waals surface area contributed by atoms with E-state index < -0.39 is 4.92 Å². The minimum Gasteiger partial charge on any atom is -0.493 e. The summed E-state index contributed by atoms with van der Waals surface area (Å²) in [4.78, 5) is 24.2. The van der Waals surface area contributed by atoms with Crippen LogP contribution in [0.25, 0.3) is 0 Å². The van der Waals surface area contributed by atoms with Crippen LogP contribution in [0.1, 0.15) is 29.3 Å². The summed E-state index contributed by atoms with van der Waals surface area (Å²) in [5.41, 5.74) is 1.88. The fourth-order valence-corrected chi connectivity index (χ4v) is 2.89. The minimum absolute atomic E-state index is 0.0590. The molecule has 0 atom stereocenters. The molecule has 0 radical (unpaired) electrons. The molecule has 0 aromatic heterocycles. The third kappa shape index (κ3) is 4.97. The number of nitro benzene ring substituents is 1. The summed E-state index contributed by atoms with van der Waals surface area (Å²) in [6.07, 6.45) is 1.60. The third-order valence-electron chi connectivity index (χ3n) is 4.40. The fraction of sp³-hybridized carbons (Fsp3) is 0.350. The number of carbonyl (C=O) groups excluding carboxylic acids is 1. The third-order valence-corrected chi connectivity index (χ3v) is 4.40. The zero-order valence-corrected chi connectivity index (χ0v) is 16.0. The first-order valence-electron chi connectivity index (χ1n) is 8.58. The molecule has 0 heterocycles. The van der Waals surface area contributed by atoms with E-state index in [9.17, 15) is 14.9 Å². The van der Waals surface area contributed by atoms with Gasteiger partial charge < -0.3 is 14.4 Å². The van der Waals surface area contributed by atoms with Crippen molar-refractivity contribution in [1.29, 1.82) is 0 Å². The minimum atomic E-state index is -0.452. The molecule has 0 bridgehead atoms. The fourth-order valence-electron chi connectivity index (χ4n) is 2.89. The van der Waals surface area contributed by atoms with Gasteiger partial charge >= 0.3 is 0 Å². The number of anilines is 1. The second kappa shape index (κ2) is 9.02. The van der Waals surface area contributed by atoms with Crippen molar-refractivity contribution in [1.82, 2.24) is 0 Å². The van der Waals surface area contributed by atoms with E-state index in [-0.39, 0.29) is 11.5 Å². The van der Waals surface area contributed by atoms with Crippen molar-refractivity contribution in [2.75, 3.05) is 32.7 Å². The first kappa shape index (κ1) is 20.2. The Balaban J connectivity index is 2.06. The highest BCUT2D eigenvalue weighted by molar-refractivity contribution is 5.95. The van der Waals surface area contributed by atoms with Crippen LogP contribution in [0.2, 0.25) is 0 Å². The number of Topliss-reactive ketones (excluding diaryl/α,β-unsaturated/α-hetero) is 1. The number of ether oxygens (including phenoxy) is 2. The van der Waals surface area contributed by atoms with Gasteiger partial charge in [-0.15, -0.1) is 0 Å². The molecule has 0 aliphatic heterocycles. The number of aryl methyl sites for hydroxylation is 1. The number of nitrogens with zero attached hydrogens (tertiary/aromatic N) is 2. The van der Waals surface area contributed by atoms with Crippen LogP contribution in [0.4, 0.5) is 11.4 Å². The number of hydrogen-bond donors (Lipinski definition) is 0. The highest BCUT2D eigenvalue weighted by Crippen LogP contribution is 2.30. The predicted octanol–water partition coefficient (Wildman–Crippen LogP) is 3.88. The Morgan fingerprint density at radius 2 is 1.81 bits per heavy atom. The Kier molecular flexibility index (Phi) is 6.76. The number of carbonyl (C=O) groups is 1. The normalized spacial score (nSPS) is 10.4. The van der Waals surface area contributed by atoms with Crippen molar-refractivity contribution < 1.29 is 19.2 Å². The number of rotatable bonds is 9. The maximum Gasteiger partial charge on any atom is 0.293 e. The Bertz CT molecular complexity index is 835. The molecule has 7 nitrogen and oxygen atoms in total. The van der Waals surface area contributed by atoms with Crippen LogP contribution in [0, 0.1) is 10.1 Å². The summed E-state index contributed by atoms with van der Waals surface area (Å²) in [6, 6.07) is 10.4. The second-order valence-corrected chi connectivity index (χ2v) is 6.23. The number of hydrogen-bond acceptors (Lipinski definition) is 6. The number of ketones is 1. The van der Waals surface area contributed by atoms with Crippen LogP contribution >= 0.6 is 0 Å². The van der Waals surface area contributed by atoms with Crippen molar-refractivity contribution in [3.8, 4) is 11.5 Å². The lowest BCUT2D eigenvalue weighted by Crippen LogP contribution is -2.20. The van der Waals surface area contributed by atoms with Gasteiger partial charge in [0.25, 0.3) is 5.69 Å². The van der Waals surface area contributed by atoms with Gasteiger partial charge in [0.05, 0.1) is 19.1 Å². The largest absolute Gasteiger partial charge is 0.493 e. The van der Waals surface area contributed by atoms with Crippen molar-refractivity contribution in [3.63, 3.8) is 0 Å². The SMILES string of the molecule is COc1ccc(CCCN(C)c2ccc(C(C)=O)cc2[N+](=O)[O-])cc1OC. The van der Waals surface area contributed by atoms with E-state index in [0.717, 1.165) is 18.4 Å². The first-order chi connectivity index (χ1) is 12.9. The lowest BCUT2D eigenvalue weighted by atomic mass is 10.1. The summed E-state index contributed by atoms with van der Waals surface area (Å²) in [5, 5.41) is 11.4. The van der Waals surface area contributed by atoms with Crippen LogP contribution in [-0.4, -0.2) is 38.5 Å². The molecule has 0 unspecified atom stereocenters. The molecular formula is C20H24N2O5. The average molecular weight is 372 g/mol. The monoisotopic (exact) mass is 372 g/mol. The van der Waals surface area contributed by atoms with E-state index in [2.05, 4.69) is 0 Å². The molecule has 0 aliphatic carbocycles. The molecule has 0 fully saturated rings. The Labute approximate surface area is 158 Å². The van der Waals surface area contributed by atoms with Gasteiger partial charge in [-0.25, -0.2) is 0 Å². The van der Waals surface area contributed by atoms with Crippen molar-refractivity contribution >= 4 is 17.2 Å². The molecule has 0 saturated carbocycles. The smallest absolute Gasteiger partial charge is 0.293 e. The van der Waals surface area contributed by atoms with Crippen LogP contribution in [0.5, 0.6) is 11.5 Å². The Hall–Kier alpha value is -3.09. The quantitative estimate of drug-likeness (QED) is 0.377. The van der Waals surface area contributed by atoms with Crippen molar-refractivity contribution in [3.05, 3.63) is 57.6 Å². The lowest BCUT2D eigenvalue weighted by Gasteiger charge is -2.19. The van der Waals surface area contributed by atoms with Gasteiger partial charge in [-0.2, -0.15) is 0 Å². The maximum absolute atomic E-state index is 11.5. The van der Waals surface area contributed by atoms with Crippen LogP contribution in [-0.2, 0) is 6.42 Å². The zero-order chi connectivity index (χ0) is 20.0. The molecule has 144 valence electrons. The summed E-state index contributed by atoms with van der Waals surface area (Å²) >= 11 is 0. The van der Waals surface area contributed by atoms with Crippen molar-refractivity contribution in [2.24, 2.45) is 0 Å². The molecule has 0 aliphatic rings. The van der Waals surface area contributed by atoms with Gasteiger partial charge in [-0.1, -0.05) is 6.07 Å². The summed E-state index contributed by atoms with van der Waals surface area (Å²) in [6.45, 7) is 2.03. The standard InChI is InChI=1S/C20H24N2O5/c1-14(23)16-8-9-17(18(13-16)22(24)25)21(2)11-5-6-15-7-10-19(26-3)20(12-15)27-4/h7-10,12-13H,5-6,11H2,1-4H3. The number of methoxy groups -OCH3 is 2. The summed E-state index contributed by atoms with van der Waals surface area (Å²) in [7, 11) is 5.00. The Morgan fingerprint density at radius 3 is 2.41 bits per heavy atom. The molecule has 2 aromatic carbocycles. The highest BCUT2D eigenvalue weighted by atomic mass is 16.6. The molecule has 2 aromatic rings. The van der Waals surface area contributed by atoms with E-state index >= 15 is 0 Å². The van der Waals surface area contributed by atoms with Gasteiger partial charge in [0.15, 0.2) is 17.3 Å². The van der Waals surface area contributed by atoms with E-state index in [0.29, 0.717) is 29.3 Å². The van der Waals surface area contributed by atoms with Gasteiger partial charge in [-0.05, 0) is 49.6 Å². The van der Waals surface area contributed by atoms with Gasteiger partial charge in [0.1, 0.15) is 5.69 Å². The predicted molar refractivity (Wildman–Crippen MR) is 104 cm³/mol. The number of nitro groups is 1. The van der Waals surface area contributed by atoms with Gasteiger partial charge in [0.2, 0.25) is 0 Å². The van der Waals surface area contributed by atoms with E-state index in [1.807, 2.05) is 30.1 Å². The van der Waals surface area contributed by atoms with Gasteiger partial charge in [-0.3, -0.25) is 14.9 Å². The summed E-state index contributed by atoms with van der Waals surface area (Å²) in [5.74, 6) is 1.17. The van der Waals surface area contributed by atoms with Crippen molar-refractivity contribution in [2.45, 2.75) is 19.8 Å². The molecule has 0 amide bonds. The average Bonchev–Trinajstić information content (AvgIpc) is 2.66. The topological polar surface area (TPSA) is 81.9 Å². The molecular weight excluding hydrogens is 348 g/mol.